The standard InChI is InChI=1S/C30H32FN5O2/c1-34-13-10-21(14-28(34)37)24-9-12-33-16-25(24)30(38)36(23-7-8-23)19-22-18-35(17-20-4-3-11-32-15-20)27-6-2-5-26(31)29(22)27/h2-6,10-11,13-15,18,23-25,33H,7-9,12,16-17,19H2,1H3/t24-,25+/m0/s1. The summed E-state index contributed by atoms with van der Waals surface area (Å²) < 4.78 is 18.8. The summed E-state index contributed by atoms with van der Waals surface area (Å²) in [6, 6.07) is 12.8. The Balaban J connectivity index is 1.33. The number of nitrogens with one attached hydrogen (secondary N) is 1. The fourth-order valence-corrected chi connectivity index (χ4v) is 5.81. The number of pyridine rings is 2. The summed E-state index contributed by atoms with van der Waals surface area (Å²) in [6.07, 6.45) is 10.0. The van der Waals surface area contributed by atoms with Gasteiger partial charge in [-0.15, -0.1) is 0 Å². The summed E-state index contributed by atoms with van der Waals surface area (Å²) in [6.45, 7) is 2.31. The van der Waals surface area contributed by atoms with Crippen molar-refractivity contribution in [3.05, 3.63) is 100 Å². The van der Waals surface area contributed by atoms with Crippen molar-refractivity contribution in [1.29, 1.82) is 0 Å². The SMILES string of the molecule is Cn1ccc([C@@H]2CCNC[C@H]2C(=O)N(Cc2cn(Cc3cccnc3)c3cccc(F)c23)C2CC2)cc1=O. The Morgan fingerprint density at radius 3 is 2.82 bits per heavy atom. The molecule has 1 aromatic carbocycles. The van der Waals surface area contributed by atoms with Crippen LogP contribution in [0, 0.1) is 11.7 Å². The van der Waals surface area contributed by atoms with Gasteiger partial charge in [-0.2, -0.15) is 0 Å². The number of benzene rings is 1. The van der Waals surface area contributed by atoms with E-state index in [0.29, 0.717) is 25.0 Å². The van der Waals surface area contributed by atoms with Crippen molar-refractivity contribution < 1.29 is 9.18 Å². The maximum Gasteiger partial charge on any atom is 0.250 e. The number of fused-ring (bicyclic) bond motifs is 1. The number of carbonyl (C=O) groups is 1. The fourth-order valence-electron chi connectivity index (χ4n) is 5.81. The van der Waals surface area contributed by atoms with E-state index in [9.17, 15) is 9.59 Å². The van der Waals surface area contributed by atoms with Crippen molar-refractivity contribution >= 4 is 16.8 Å². The van der Waals surface area contributed by atoms with E-state index in [4.69, 9.17) is 0 Å². The number of piperidine rings is 1. The third kappa shape index (κ3) is 4.76. The number of aryl methyl sites for hydroxylation is 1. The largest absolute Gasteiger partial charge is 0.343 e. The third-order valence-corrected chi connectivity index (χ3v) is 7.98. The van der Waals surface area contributed by atoms with Crippen LogP contribution in [-0.2, 0) is 24.9 Å². The predicted molar refractivity (Wildman–Crippen MR) is 144 cm³/mol. The summed E-state index contributed by atoms with van der Waals surface area (Å²) in [5, 5.41) is 3.96. The predicted octanol–water partition coefficient (Wildman–Crippen LogP) is 3.81. The molecule has 8 heteroatoms. The highest BCUT2D eigenvalue weighted by Crippen LogP contribution is 2.37. The highest BCUT2D eigenvalue weighted by atomic mass is 19.1. The molecule has 4 heterocycles. The lowest BCUT2D eigenvalue weighted by Crippen LogP contribution is -2.47. The molecule has 6 rings (SSSR count). The lowest BCUT2D eigenvalue weighted by Gasteiger charge is -2.35. The Morgan fingerprint density at radius 2 is 2.05 bits per heavy atom. The first-order valence-electron chi connectivity index (χ1n) is 13.3. The summed E-state index contributed by atoms with van der Waals surface area (Å²) in [7, 11) is 1.73. The van der Waals surface area contributed by atoms with Crippen LogP contribution in [0.1, 0.15) is 41.9 Å². The zero-order valence-corrected chi connectivity index (χ0v) is 21.5. The molecule has 2 aliphatic rings. The summed E-state index contributed by atoms with van der Waals surface area (Å²) in [5.41, 5.74) is 3.51. The third-order valence-electron chi connectivity index (χ3n) is 7.98. The molecule has 0 radical (unpaired) electrons. The van der Waals surface area contributed by atoms with Crippen LogP contribution in [0.15, 0.2) is 72.0 Å². The summed E-state index contributed by atoms with van der Waals surface area (Å²) in [5.74, 6) is -0.495. The molecule has 1 aliphatic carbocycles. The lowest BCUT2D eigenvalue weighted by molar-refractivity contribution is -0.138. The van der Waals surface area contributed by atoms with Crippen molar-refractivity contribution in [2.45, 2.75) is 44.3 Å². The lowest BCUT2D eigenvalue weighted by atomic mass is 9.80. The maximum atomic E-state index is 15.2. The average molecular weight is 514 g/mol. The van der Waals surface area contributed by atoms with Gasteiger partial charge in [-0.25, -0.2) is 4.39 Å². The van der Waals surface area contributed by atoms with E-state index in [2.05, 4.69) is 10.3 Å². The summed E-state index contributed by atoms with van der Waals surface area (Å²) in [4.78, 5) is 32.7. The first kappa shape index (κ1) is 24.6. The van der Waals surface area contributed by atoms with Gasteiger partial charge >= 0.3 is 0 Å². The molecule has 1 saturated heterocycles. The Kier molecular flexibility index (Phi) is 6.57. The van der Waals surface area contributed by atoms with Gasteiger partial charge < -0.3 is 19.4 Å². The first-order chi connectivity index (χ1) is 18.5. The molecular formula is C30H32FN5O2. The van der Waals surface area contributed by atoms with Gasteiger partial charge in [0.2, 0.25) is 5.91 Å². The van der Waals surface area contributed by atoms with Gasteiger partial charge in [-0.1, -0.05) is 12.1 Å². The van der Waals surface area contributed by atoms with Gasteiger partial charge in [0.25, 0.3) is 5.56 Å². The van der Waals surface area contributed by atoms with Crippen molar-refractivity contribution in [2.24, 2.45) is 13.0 Å². The monoisotopic (exact) mass is 513 g/mol. The van der Waals surface area contributed by atoms with E-state index >= 15 is 4.39 Å². The van der Waals surface area contributed by atoms with Crippen molar-refractivity contribution in [3.8, 4) is 0 Å². The Bertz CT molecular complexity index is 1520. The smallest absolute Gasteiger partial charge is 0.250 e. The zero-order chi connectivity index (χ0) is 26.2. The van der Waals surface area contributed by atoms with E-state index in [1.165, 1.54) is 6.07 Å². The first-order valence-corrected chi connectivity index (χ1v) is 13.3. The van der Waals surface area contributed by atoms with Gasteiger partial charge in [0.1, 0.15) is 5.82 Å². The minimum absolute atomic E-state index is 0.0254. The number of hydrogen-bond acceptors (Lipinski definition) is 4. The number of nitrogens with zero attached hydrogens (tertiary/aromatic N) is 4. The van der Waals surface area contributed by atoms with Gasteiger partial charge in [0, 0.05) is 69.0 Å². The number of hydrogen-bond donors (Lipinski definition) is 1. The highest BCUT2D eigenvalue weighted by Gasteiger charge is 2.40. The molecule has 4 aromatic rings. The van der Waals surface area contributed by atoms with E-state index in [-0.39, 0.29) is 35.2 Å². The van der Waals surface area contributed by atoms with Crippen LogP contribution in [-0.4, -0.2) is 44.1 Å². The molecule has 1 amide bonds. The molecule has 196 valence electrons. The minimum atomic E-state index is -0.275. The number of carbonyl (C=O) groups excluding carboxylic acids is 1. The van der Waals surface area contributed by atoms with Crippen LogP contribution >= 0.6 is 0 Å². The molecular weight excluding hydrogens is 481 g/mol. The van der Waals surface area contributed by atoms with E-state index in [1.54, 1.807) is 36.1 Å². The van der Waals surface area contributed by atoms with Gasteiger partial charge in [-0.05, 0) is 72.7 Å². The second-order valence-electron chi connectivity index (χ2n) is 10.6. The Morgan fingerprint density at radius 1 is 1.18 bits per heavy atom. The Hall–Kier alpha value is -3.78. The molecule has 2 atom stereocenters. The second kappa shape index (κ2) is 10.2. The molecule has 0 bridgehead atoms. The fraction of sp³-hybridized carbons (Fsp3) is 0.367. The molecule has 0 unspecified atom stereocenters. The number of halogens is 1. The molecule has 1 aliphatic heterocycles. The number of amides is 1. The summed E-state index contributed by atoms with van der Waals surface area (Å²) >= 11 is 0. The quantitative estimate of drug-likeness (QED) is 0.408. The highest BCUT2D eigenvalue weighted by molar-refractivity contribution is 5.86. The molecule has 1 saturated carbocycles. The van der Waals surface area contributed by atoms with Crippen LogP contribution in [0.5, 0.6) is 0 Å². The van der Waals surface area contributed by atoms with Gasteiger partial charge in [0.15, 0.2) is 0 Å². The van der Waals surface area contributed by atoms with Crippen molar-refractivity contribution in [1.82, 2.24) is 24.3 Å². The van der Waals surface area contributed by atoms with Gasteiger partial charge in [0.05, 0.1) is 11.4 Å². The molecule has 7 nitrogen and oxygen atoms in total. The number of rotatable bonds is 7. The van der Waals surface area contributed by atoms with Crippen LogP contribution in [0.25, 0.3) is 10.9 Å². The van der Waals surface area contributed by atoms with Crippen LogP contribution in [0.2, 0.25) is 0 Å². The van der Waals surface area contributed by atoms with E-state index in [1.807, 2.05) is 46.1 Å². The molecule has 38 heavy (non-hydrogen) atoms. The molecule has 3 aromatic heterocycles. The minimum Gasteiger partial charge on any atom is -0.343 e. The normalized spacial score (nSPS) is 19.5. The van der Waals surface area contributed by atoms with Gasteiger partial charge in [-0.3, -0.25) is 14.6 Å². The maximum absolute atomic E-state index is 15.2. The zero-order valence-electron chi connectivity index (χ0n) is 21.5. The van der Waals surface area contributed by atoms with Crippen LogP contribution in [0.4, 0.5) is 4.39 Å². The number of aromatic nitrogens is 3. The topological polar surface area (TPSA) is 72.2 Å². The van der Waals surface area contributed by atoms with E-state index < -0.39 is 0 Å². The van der Waals surface area contributed by atoms with Crippen molar-refractivity contribution in [2.75, 3.05) is 13.1 Å². The molecule has 0 spiro atoms. The van der Waals surface area contributed by atoms with Crippen LogP contribution in [0.3, 0.4) is 0 Å². The van der Waals surface area contributed by atoms with Crippen molar-refractivity contribution in [3.63, 3.8) is 0 Å². The average Bonchev–Trinajstić information content (AvgIpc) is 3.72. The second-order valence-corrected chi connectivity index (χ2v) is 10.6. The van der Waals surface area contributed by atoms with Crippen LogP contribution < -0.4 is 10.9 Å². The molecule has 2 fully saturated rings. The van der Waals surface area contributed by atoms with E-state index in [0.717, 1.165) is 48.0 Å². The Labute approximate surface area is 220 Å². The molecule has 1 N–H and O–H groups in total.